The van der Waals surface area contributed by atoms with Crippen molar-refractivity contribution in [3.05, 3.63) is 107 Å². The minimum atomic E-state index is -0.214. The lowest BCUT2D eigenvalue weighted by Gasteiger charge is -2.16. The average Bonchev–Trinajstić information content (AvgIpc) is 3.75. The normalized spacial score (nSPS) is 17.5. The molecule has 0 saturated heterocycles. The summed E-state index contributed by atoms with van der Waals surface area (Å²) in [6, 6.07) is 22.3. The number of nitrogens with zero attached hydrogens (tertiary/aromatic N) is 3. The average molecular weight is 653 g/mol. The number of anilines is 2. The molecule has 232 valence electrons. The highest BCUT2D eigenvalue weighted by molar-refractivity contribution is 6.20. The number of rotatable bonds is 6. The fourth-order valence-corrected chi connectivity index (χ4v) is 7.40. The number of phenols is 2. The lowest BCUT2D eigenvalue weighted by atomic mass is 9.95. The van der Waals surface area contributed by atoms with E-state index in [1.807, 2.05) is 72.3 Å². The van der Waals surface area contributed by atoms with Gasteiger partial charge in [0, 0.05) is 90.2 Å². The van der Waals surface area contributed by atoms with E-state index in [0.29, 0.717) is 36.2 Å². The number of fused-ring (bicyclic) bond motifs is 6. The fourth-order valence-electron chi connectivity index (χ4n) is 6.89. The second-order valence-electron chi connectivity index (χ2n) is 11.8. The summed E-state index contributed by atoms with van der Waals surface area (Å²) >= 11 is 12.7. The number of benzene rings is 4. The van der Waals surface area contributed by atoms with Crippen LogP contribution in [0.25, 0.3) is 33.7 Å². The largest absolute Gasteiger partial charge is 0.507 e. The number of carbonyl (C=O) groups excluding carboxylic acids is 2. The minimum Gasteiger partial charge on any atom is -0.507 e. The molecule has 0 bridgehead atoms. The molecular weight excluding hydrogens is 621 g/mol. The van der Waals surface area contributed by atoms with Crippen molar-refractivity contribution in [2.75, 3.05) is 34.6 Å². The summed E-state index contributed by atoms with van der Waals surface area (Å²) in [5.41, 5.74) is 4.85. The molecule has 2 amide bonds. The second-order valence-corrected chi connectivity index (χ2v) is 12.4. The number of hydrogen-bond acceptors (Lipinski definition) is 4. The summed E-state index contributed by atoms with van der Waals surface area (Å²) in [5.74, 6) is 0.441. The van der Waals surface area contributed by atoms with Gasteiger partial charge in [-0.2, -0.15) is 0 Å². The summed E-state index contributed by atoms with van der Waals surface area (Å²) in [6.07, 6.45) is 6.52. The van der Waals surface area contributed by atoms with Crippen LogP contribution in [0.4, 0.5) is 11.4 Å². The Morgan fingerprint density at radius 2 is 1.09 bits per heavy atom. The first-order valence-corrected chi connectivity index (χ1v) is 16.1. The zero-order chi connectivity index (χ0) is 32.1. The smallest absolute Gasteiger partial charge is 0.251 e. The van der Waals surface area contributed by atoms with Crippen LogP contribution < -0.4 is 9.80 Å². The Balaban J connectivity index is 1.11. The van der Waals surface area contributed by atoms with Gasteiger partial charge in [0.15, 0.2) is 0 Å². The molecule has 0 radical (unpaired) electrons. The van der Waals surface area contributed by atoms with E-state index in [0.717, 1.165) is 44.1 Å². The Labute approximate surface area is 276 Å². The molecule has 46 heavy (non-hydrogen) atoms. The molecule has 0 aliphatic carbocycles. The van der Waals surface area contributed by atoms with E-state index in [1.165, 1.54) is 12.2 Å². The van der Waals surface area contributed by atoms with E-state index < -0.39 is 0 Å². The van der Waals surface area contributed by atoms with Gasteiger partial charge in [0.05, 0.1) is 11.4 Å². The monoisotopic (exact) mass is 651 g/mol. The molecule has 0 fully saturated rings. The fraction of sp³-hybridized carbons (Fsp3) is 0.189. The molecule has 0 saturated carbocycles. The van der Waals surface area contributed by atoms with Crippen LogP contribution in [0.1, 0.15) is 34.4 Å². The molecular formula is C37H31Cl2N3O4. The van der Waals surface area contributed by atoms with Crippen LogP contribution in [-0.2, 0) is 16.6 Å². The first kappa shape index (κ1) is 30.0. The van der Waals surface area contributed by atoms with Crippen molar-refractivity contribution in [2.24, 2.45) is 7.05 Å². The van der Waals surface area contributed by atoms with Crippen molar-refractivity contribution in [1.29, 1.82) is 0 Å². The zero-order valence-corrected chi connectivity index (χ0v) is 26.5. The van der Waals surface area contributed by atoms with Crippen molar-refractivity contribution < 1.29 is 19.8 Å². The number of halogens is 2. The number of aromatic hydroxyl groups is 2. The molecule has 3 heterocycles. The maximum atomic E-state index is 13.4. The Hall–Kier alpha value is -4.72. The quantitative estimate of drug-likeness (QED) is 0.147. The summed E-state index contributed by atoms with van der Waals surface area (Å²) in [4.78, 5) is 30.2. The zero-order valence-electron chi connectivity index (χ0n) is 25.0. The van der Waals surface area contributed by atoms with Gasteiger partial charge in [-0.15, -0.1) is 23.2 Å². The highest BCUT2D eigenvalue weighted by Gasteiger charge is 2.35. The molecule has 4 aromatic carbocycles. The van der Waals surface area contributed by atoms with Crippen LogP contribution >= 0.6 is 23.2 Å². The minimum absolute atomic E-state index is 0.0474. The molecule has 2 atom stereocenters. The number of phenolic OH excluding ortho intramolecular Hbond substituents is 2. The maximum Gasteiger partial charge on any atom is 0.251 e. The highest BCUT2D eigenvalue weighted by Crippen LogP contribution is 2.46. The number of carbonyl (C=O) groups is 2. The standard InChI is InChI=1S/C37H31Cl2N3O4/c1-40-24(12-14-34(45)41-20-22(18-38)36-28-8-4-2-6-26(28)32(43)16-30(36)41)10-11-25(40)13-15-35(46)42-21-23(19-39)37-29-9-5-3-7-27(29)33(44)17-31(37)42/h2-17,22-23,43-44H,18-21H2,1H3/b14-12+,15-13+/t22-,23-/m1/s1. The van der Waals surface area contributed by atoms with Crippen molar-refractivity contribution in [3.8, 4) is 11.5 Å². The van der Waals surface area contributed by atoms with Crippen molar-refractivity contribution in [3.63, 3.8) is 0 Å². The van der Waals surface area contributed by atoms with Gasteiger partial charge in [0.1, 0.15) is 11.5 Å². The summed E-state index contributed by atoms with van der Waals surface area (Å²) in [7, 11) is 1.87. The van der Waals surface area contributed by atoms with E-state index >= 15 is 0 Å². The molecule has 7 rings (SSSR count). The van der Waals surface area contributed by atoms with Crippen LogP contribution in [0.15, 0.2) is 84.9 Å². The van der Waals surface area contributed by atoms with Gasteiger partial charge in [-0.05, 0) is 46.2 Å². The first-order chi connectivity index (χ1) is 22.3. The van der Waals surface area contributed by atoms with Crippen molar-refractivity contribution in [2.45, 2.75) is 11.8 Å². The Kier molecular flexibility index (Phi) is 7.75. The van der Waals surface area contributed by atoms with Gasteiger partial charge in [0.25, 0.3) is 11.8 Å². The van der Waals surface area contributed by atoms with Gasteiger partial charge >= 0.3 is 0 Å². The van der Waals surface area contributed by atoms with Gasteiger partial charge < -0.3 is 24.6 Å². The van der Waals surface area contributed by atoms with E-state index in [9.17, 15) is 19.8 Å². The molecule has 7 nitrogen and oxygen atoms in total. The van der Waals surface area contributed by atoms with Crippen molar-refractivity contribution >= 4 is 80.1 Å². The summed E-state index contributed by atoms with van der Waals surface area (Å²) in [6.45, 7) is 0.854. The Bertz CT molecular complexity index is 1950. The third-order valence-corrected chi connectivity index (χ3v) is 9.93. The molecule has 1 aromatic heterocycles. The number of hydrogen-bond donors (Lipinski definition) is 2. The van der Waals surface area contributed by atoms with Crippen molar-refractivity contribution in [1.82, 2.24) is 4.57 Å². The lowest BCUT2D eigenvalue weighted by Crippen LogP contribution is -2.28. The van der Waals surface area contributed by atoms with Crippen LogP contribution in [0.5, 0.6) is 11.5 Å². The topological polar surface area (TPSA) is 86.0 Å². The van der Waals surface area contributed by atoms with E-state index in [2.05, 4.69) is 0 Å². The molecule has 5 aromatic rings. The first-order valence-electron chi connectivity index (χ1n) is 15.1. The predicted molar refractivity (Wildman–Crippen MR) is 186 cm³/mol. The number of alkyl halides is 2. The molecule has 2 aliphatic rings. The van der Waals surface area contributed by atoms with E-state index in [-0.39, 0.29) is 35.1 Å². The lowest BCUT2D eigenvalue weighted by molar-refractivity contribution is -0.114. The Morgan fingerprint density at radius 3 is 1.48 bits per heavy atom. The molecule has 2 N–H and O–H groups in total. The number of aromatic nitrogens is 1. The highest BCUT2D eigenvalue weighted by atomic mass is 35.5. The van der Waals surface area contributed by atoms with Crippen LogP contribution in [0.2, 0.25) is 0 Å². The van der Waals surface area contributed by atoms with Gasteiger partial charge in [0.2, 0.25) is 0 Å². The third-order valence-electron chi connectivity index (χ3n) is 9.19. The second kappa shape index (κ2) is 11.9. The summed E-state index contributed by atoms with van der Waals surface area (Å²) in [5, 5.41) is 24.6. The molecule has 0 unspecified atom stereocenters. The SMILES string of the molecule is Cn1c(/C=C/C(=O)N2C[C@@H](CCl)c3c2cc(O)c2ccccc32)ccc1/C=C/C(=O)N1C[C@@H](CCl)c2c1cc(O)c1ccccc21. The van der Waals surface area contributed by atoms with E-state index in [4.69, 9.17) is 23.2 Å². The molecule has 0 spiro atoms. The number of amides is 2. The van der Waals surface area contributed by atoms with Crippen LogP contribution in [0.3, 0.4) is 0 Å². The van der Waals surface area contributed by atoms with Gasteiger partial charge in [-0.1, -0.05) is 48.5 Å². The van der Waals surface area contributed by atoms with Crippen LogP contribution in [-0.4, -0.2) is 51.4 Å². The predicted octanol–water partition coefficient (Wildman–Crippen LogP) is 7.51. The summed E-state index contributed by atoms with van der Waals surface area (Å²) < 4.78 is 1.89. The third kappa shape index (κ3) is 4.91. The van der Waals surface area contributed by atoms with Gasteiger partial charge in [-0.25, -0.2) is 0 Å². The maximum absolute atomic E-state index is 13.4. The molecule has 2 aliphatic heterocycles. The molecule has 9 heteroatoms. The van der Waals surface area contributed by atoms with Gasteiger partial charge in [-0.3, -0.25) is 9.59 Å². The Morgan fingerprint density at radius 1 is 0.696 bits per heavy atom. The van der Waals surface area contributed by atoms with Crippen LogP contribution in [0, 0.1) is 0 Å². The van der Waals surface area contributed by atoms with E-state index in [1.54, 1.807) is 34.1 Å².